The number of rotatable bonds is 4. The van der Waals surface area contributed by atoms with Crippen LogP contribution in [0.2, 0.25) is 0 Å². The minimum absolute atomic E-state index is 0.122. The van der Waals surface area contributed by atoms with E-state index in [1.54, 1.807) is 0 Å². The average Bonchev–Trinajstić information content (AvgIpc) is 2.28. The van der Waals surface area contributed by atoms with E-state index in [-0.39, 0.29) is 16.6 Å². The lowest BCUT2D eigenvalue weighted by atomic mass is 10.0. The van der Waals surface area contributed by atoms with Gasteiger partial charge in [0.2, 0.25) is 0 Å². The number of aromatic nitrogens is 1. The van der Waals surface area contributed by atoms with Crippen LogP contribution >= 0.6 is 15.9 Å². The van der Waals surface area contributed by atoms with Crippen LogP contribution in [0.15, 0.2) is 6.20 Å². The lowest BCUT2D eigenvalue weighted by Crippen LogP contribution is -2.12. The lowest BCUT2D eigenvalue weighted by molar-refractivity contribution is -0.139. The topological polar surface area (TPSA) is 39.2 Å². The first-order chi connectivity index (χ1) is 8.01. The number of carbonyl (C=O) groups is 1. The summed E-state index contributed by atoms with van der Waals surface area (Å²) in [7, 11) is 1.13. The molecule has 0 aromatic carbocycles. The Balaban J connectivity index is 3.29. The summed E-state index contributed by atoms with van der Waals surface area (Å²) in [5, 5.41) is 0.152. The number of esters is 1. The Labute approximate surface area is 104 Å². The van der Waals surface area contributed by atoms with Crippen molar-refractivity contribution in [1.82, 2.24) is 4.98 Å². The predicted octanol–water partition coefficient (Wildman–Crippen LogP) is 2.77. The Hall–Kier alpha value is -1.11. The fourth-order valence-electron chi connectivity index (χ4n) is 1.35. The maximum Gasteiger partial charge on any atom is 0.310 e. The summed E-state index contributed by atoms with van der Waals surface area (Å²) in [6, 6.07) is 0. The van der Waals surface area contributed by atoms with Crippen molar-refractivity contribution in [2.24, 2.45) is 0 Å². The van der Waals surface area contributed by atoms with Gasteiger partial charge in [0.15, 0.2) is 5.82 Å². The molecule has 94 valence electrons. The smallest absolute Gasteiger partial charge is 0.310 e. The molecule has 0 amide bonds. The summed E-state index contributed by atoms with van der Waals surface area (Å²) >= 11 is 3.05. The van der Waals surface area contributed by atoms with Crippen LogP contribution in [0, 0.1) is 5.82 Å². The maximum atomic E-state index is 13.3. The van der Waals surface area contributed by atoms with E-state index in [1.165, 1.54) is 0 Å². The zero-order chi connectivity index (χ0) is 13.0. The standard InChI is InChI=1S/C10H9BrF3NO2/c1-17-8(16)2-5-7(3-11)15-4-6(12)9(5)10(13)14/h4,10H,2-3H2,1H3. The number of methoxy groups -OCH3 is 1. The molecule has 0 spiro atoms. The zero-order valence-electron chi connectivity index (χ0n) is 8.84. The van der Waals surface area contributed by atoms with E-state index in [0.717, 1.165) is 13.3 Å². The molecule has 0 N–H and O–H groups in total. The number of halogens is 4. The van der Waals surface area contributed by atoms with Crippen molar-refractivity contribution >= 4 is 21.9 Å². The molecule has 7 heteroatoms. The van der Waals surface area contributed by atoms with E-state index >= 15 is 0 Å². The molecule has 1 aromatic heterocycles. The molecule has 17 heavy (non-hydrogen) atoms. The summed E-state index contributed by atoms with van der Waals surface area (Å²) < 4.78 is 43.1. The third kappa shape index (κ3) is 3.18. The number of ether oxygens (including phenoxy) is 1. The van der Waals surface area contributed by atoms with Crippen LogP contribution < -0.4 is 0 Å². The van der Waals surface area contributed by atoms with E-state index < -0.39 is 30.2 Å². The molecule has 0 radical (unpaired) electrons. The Morgan fingerprint density at radius 3 is 2.71 bits per heavy atom. The van der Waals surface area contributed by atoms with E-state index in [2.05, 4.69) is 25.7 Å². The van der Waals surface area contributed by atoms with Crippen molar-refractivity contribution < 1.29 is 22.7 Å². The molecule has 0 aliphatic carbocycles. The van der Waals surface area contributed by atoms with Gasteiger partial charge in [-0.05, 0) is 5.56 Å². The van der Waals surface area contributed by atoms with Crippen LogP contribution in [0.5, 0.6) is 0 Å². The van der Waals surface area contributed by atoms with Gasteiger partial charge >= 0.3 is 5.97 Å². The largest absolute Gasteiger partial charge is 0.469 e. The first-order valence-corrected chi connectivity index (χ1v) is 5.70. The third-order valence-corrected chi connectivity index (χ3v) is 2.69. The molecule has 0 aliphatic heterocycles. The van der Waals surface area contributed by atoms with E-state index in [9.17, 15) is 18.0 Å². The molecule has 0 unspecified atom stereocenters. The highest BCUT2D eigenvalue weighted by Gasteiger charge is 2.23. The van der Waals surface area contributed by atoms with Crippen LogP contribution in [0.4, 0.5) is 13.2 Å². The quantitative estimate of drug-likeness (QED) is 0.634. The van der Waals surface area contributed by atoms with Gasteiger partial charge in [-0.25, -0.2) is 13.2 Å². The highest BCUT2D eigenvalue weighted by molar-refractivity contribution is 9.08. The minimum Gasteiger partial charge on any atom is -0.469 e. The van der Waals surface area contributed by atoms with Crippen LogP contribution in [0.1, 0.15) is 23.2 Å². The number of alkyl halides is 3. The Morgan fingerprint density at radius 1 is 1.59 bits per heavy atom. The zero-order valence-corrected chi connectivity index (χ0v) is 10.4. The maximum absolute atomic E-state index is 13.3. The second-order valence-corrected chi connectivity index (χ2v) is 3.69. The summed E-state index contributed by atoms with van der Waals surface area (Å²) in [6.45, 7) is 0. The Morgan fingerprint density at radius 2 is 2.24 bits per heavy atom. The lowest BCUT2D eigenvalue weighted by Gasteiger charge is -2.12. The molecular weight excluding hydrogens is 303 g/mol. The van der Waals surface area contributed by atoms with Gasteiger partial charge in [-0.2, -0.15) is 0 Å². The van der Waals surface area contributed by atoms with Gasteiger partial charge in [0, 0.05) is 5.33 Å². The van der Waals surface area contributed by atoms with Crippen molar-refractivity contribution in [2.75, 3.05) is 7.11 Å². The van der Waals surface area contributed by atoms with Crippen LogP contribution in [-0.4, -0.2) is 18.1 Å². The van der Waals surface area contributed by atoms with Gasteiger partial charge in [-0.15, -0.1) is 0 Å². The average molecular weight is 312 g/mol. The third-order valence-electron chi connectivity index (χ3n) is 2.16. The SMILES string of the molecule is COC(=O)Cc1c(CBr)ncc(F)c1C(F)F. The molecule has 0 atom stereocenters. The molecule has 0 aliphatic rings. The summed E-state index contributed by atoms with van der Waals surface area (Å²) in [4.78, 5) is 14.8. The first kappa shape index (κ1) is 14.0. The van der Waals surface area contributed by atoms with Gasteiger partial charge in [-0.3, -0.25) is 9.78 Å². The van der Waals surface area contributed by atoms with Crippen LogP contribution in [0.3, 0.4) is 0 Å². The van der Waals surface area contributed by atoms with Crippen molar-refractivity contribution in [3.8, 4) is 0 Å². The van der Waals surface area contributed by atoms with E-state index in [0.29, 0.717) is 0 Å². The van der Waals surface area contributed by atoms with Gasteiger partial charge < -0.3 is 4.74 Å². The number of hydrogen-bond acceptors (Lipinski definition) is 3. The van der Waals surface area contributed by atoms with Crippen molar-refractivity contribution in [2.45, 2.75) is 18.2 Å². The second kappa shape index (κ2) is 6.00. The molecule has 0 saturated carbocycles. The Bertz CT molecular complexity index is 426. The number of carbonyl (C=O) groups excluding carboxylic acids is 1. The van der Waals surface area contributed by atoms with Gasteiger partial charge in [0.25, 0.3) is 6.43 Å². The molecule has 3 nitrogen and oxygen atoms in total. The van der Waals surface area contributed by atoms with Gasteiger partial charge in [0.05, 0.1) is 31.0 Å². The molecule has 0 fully saturated rings. The number of hydrogen-bond donors (Lipinski definition) is 0. The predicted molar refractivity (Wildman–Crippen MR) is 57.5 cm³/mol. The normalized spacial score (nSPS) is 10.7. The molecular formula is C10H9BrF3NO2. The van der Waals surface area contributed by atoms with Crippen LogP contribution in [-0.2, 0) is 21.3 Å². The van der Waals surface area contributed by atoms with Crippen molar-refractivity contribution in [3.63, 3.8) is 0 Å². The monoisotopic (exact) mass is 311 g/mol. The number of nitrogens with zero attached hydrogens (tertiary/aromatic N) is 1. The second-order valence-electron chi connectivity index (χ2n) is 3.13. The van der Waals surface area contributed by atoms with Crippen molar-refractivity contribution in [3.05, 3.63) is 28.8 Å². The van der Waals surface area contributed by atoms with E-state index in [4.69, 9.17) is 0 Å². The minimum atomic E-state index is -3.00. The molecule has 0 saturated heterocycles. The molecule has 1 rings (SSSR count). The summed E-state index contributed by atoms with van der Waals surface area (Å²) in [6.07, 6.45) is -2.71. The van der Waals surface area contributed by atoms with E-state index in [1.807, 2.05) is 0 Å². The molecule has 0 bridgehead atoms. The fraction of sp³-hybridized carbons (Fsp3) is 0.400. The molecule has 1 aromatic rings. The summed E-state index contributed by atoms with van der Waals surface area (Å²) in [5.41, 5.74) is -0.712. The molecule has 1 heterocycles. The van der Waals surface area contributed by atoms with Crippen LogP contribution in [0.25, 0.3) is 0 Å². The van der Waals surface area contributed by atoms with Gasteiger partial charge in [0.1, 0.15) is 0 Å². The van der Waals surface area contributed by atoms with Gasteiger partial charge in [-0.1, -0.05) is 15.9 Å². The summed E-state index contributed by atoms with van der Waals surface area (Å²) in [5.74, 6) is -1.84. The highest BCUT2D eigenvalue weighted by atomic mass is 79.9. The van der Waals surface area contributed by atoms with Crippen molar-refractivity contribution in [1.29, 1.82) is 0 Å². The Kier molecular flexibility index (Phi) is 4.92. The number of pyridine rings is 1. The highest BCUT2D eigenvalue weighted by Crippen LogP contribution is 2.28. The first-order valence-electron chi connectivity index (χ1n) is 4.58. The fourth-order valence-corrected chi connectivity index (χ4v) is 1.83.